The van der Waals surface area contributed by atoms with Crippen LogP contribution in [0, 0.1) is 11.3 Å². The predicted molar refractivity (Wildman–Crippen MR) is 66.9 cm³/mol. The number of nitriles is 1. The van der Waals surface area contributed by atoms with E-state index in [-0.39, 0.29) is 0 Å². The number of hydrogen-bond acceptors (Lipinski definition) is 2. The van der Waals surface area contributed by atoms with E-state index in [2.05, 4.69) is 11.1 Å². The molecule has 0 unspecified atom stereocenters. The summed E-state index contributed by atoms with van der Waals surface area (Å²) in [4.78, 5) is 3.04. The van der Waals surface area contributed by atoms with Gasteiger partial charge in [0.1, 0.15) is 17.3 Å². The molecule has 84 valence electrons. The van der Waals surface area contributed by atoms with Crippen molar-refractivity contribution in [3.63, 3.8) is 0 Å². The van der Waals surface area contributed by atoms with Gasteiger partial charge in [-0.2, -0.15) is 5.26 Å². The van der Waals surface area contributed by atoms with Crippen LogP contribution in [-0.2, 0) is 6.42 Å². The summed E-state index contributed by atoms with van der Waals surface area (Å²) in [5.74, 6) is 0.436. The molecule has 0 radical (unpaired) electrons. The number of nitrogens with two attached hydrogens (primary N) is 1. The Labute approximate surface area is 101 Å². The molecule has 3 heteroatoms. The quantitative estimate of drug-likeness (QED) is 0.849. The summed E-state index contributed by atoms with van der Waals surface area (Å²) in [5, 5.41) is 9.17. The fraction of sp³-hybridized carbons (Fsp3) is 0.143. The van der Waals surface area contributed by atoms with Gasteiger partial charge < -0.3 is 0 Å². The van der Waals surface area contributed by atoms with Crippen molar-refractivity contribution in [1.82, 2.24) is 0 Å². The summed E-state index contributed by atoms with van der Waals surface area (Å²) in [5.41, 5.74) is 9.31. The molecular formula is C14H14N3+. The lowest BCUT2D eigenvalue weighted by Gasteiger charge is -2.05. The zero-order valence-corrected chi connectivity index (χ0v) is 9.70. The van der Waals surface area contributed by atoms with Gasteiger partial charge >= 0.3 is 0 Å². The second-order valence-electron chi connectivity index (χ2n) is 3.83. The van der Waals surface area contributed by atoms with Crippen LogP contribution in [0.5, 0.6) is 0 Å². The monoisotopic (exact) mass is 224 g/mol. The topological polar surface area (TPSA) is 64.0 Å². The highest BCUT2D eigenvalue weighted by molar-refractivity contribution is 5.74. The highest BCUT2D eigenvalue weighted by Gasteiger charge is 2.14. The lowest BCUT2D eigenvalue weighted by molar-refractivity contribution is -0.372. The molecule has 0 aliphatic rings. The van der Waals surface area contributed by atoms with Gasteiger partial charge in [0.25, 0.3) is 5.82 Å². The SMILES string of the molecule is CCc1cc(-c2ccccc2)c(C#N)c(N)[nH+]1. The lowest BCUT2D eigenvalue weighted by atomic mass is 10.00. The second-order valence-corrected chi connectivity index (χ2v) is 3.83. The molecule has 0 fully saturated rings. The fourth-order valence-corrected chi connectivity index (χ4v) is 1.82. The maximum Gasteiger partial charge on any atom is 0.289 e. The number of anilines is 1. The van der Waals surface area contributed by atoms with Crippen LogP contribution in [0.15, 0.2) is 36.4 Å². The van der Waals surface area contributed by atoms with Crippen LogP contribution < -0.4 is 10.7 Å². The molecule has 0 atom stereocenters. The van der Waals surface area contributed by atoms with Crippen molar-refractivity contribution in [3.05, 3.63) is 47.7 Å². The molecule has 0 aliphatic carbocycles. The average molecular weight is 224 g/mol. The van der Waals surface area contributed by atoms with Crippen LogP contribution >= 0.6 is 0 Å². The number of H-pyrrole nitrogens is 1. The number of aromatic nitrogens is 1. The Morgan fingerprint density at radius 3 is 2.59 bits per heavy atom. The van der Waals surface area contributed by atoms with E-state index >= 15 is 0 Å². The molecule has 2 aromatic rings. The minimum atomic E-state index is 0.436. The van der Waals surface area contributed by atoms with Crippen molar-refractivity contribution >= 4 is 5.82 Å². The van der Waals surface area contributed by atoms with Crippen molar-refractivity contribution in [3.8, 4) is 17.2 Å². The van der Waals surface area contributed by atoms with E-state index in [0.717, 1.165) is 23.2 Å². The molecule has 0 spiro atoms. The molecule has 1 aromatic heterocycles. The molecule has 0 aliphatic heterocycles. The molecule has 3 nitrogen and oxygen atoms in total. The number of rotatable bonds is 2. The van der Waals surface area contributed by atoms with Crippen LogP contribution in [0.1, 0.15) is 18.2 Å². The first-order valence-corrected chi connectivity index (χ1v) is 5.56. The first-order chi connectivity index (χ1) is 8.26. The van der Waals surface area contributed by atoms with Gasteiger partial charge in [0, 0.05) is 12.0 Å². The number of nitrogens with one attached hydrogen (secondary N) is 1. The highest BCUT2D eigenvalue weighted by atomic mass is 14.8. The number of hydrogen-bond donors (Lipinski definition) is 1. The number of pyridine rings is 1. The Balaban J connectivity index is 2.68. The van der Waals surface area contributed by atoms with Gasteiger partial charge in [-0.05, 0) is 11.6 Å². The molecule has 0 amide bonds. The van der Waals surface area contributed by atoms with Crippen molar-refractivity contribution in [2.24, 2.45) is 0 Å². The van der Waals surface area contributed by atoms with Crippen LogP contribution in [0.3, 0.4) is 0 Å². The molecule has 1 aromatic carbocycles. The Bertz CT molecular complexity index is 568. The van der Waals surface area contributed by atoms with Crippen molar-refractivity contribution in [2.45, 2.75) is 13.3 Å². The summed E-state index contributed by atoms with van der Waals surface area (Å²) in [6.45, 7) is 2.05. The van der Waals surface area contributed by atoms with Gasteiger partial charge in [-0.15, -0.1) is 0 Å². The molecule has 1 heterocycles. The average Bonchev–Trinajstić information content (AvgIpc) is 2.38. The zero-order chi connectivity index (χ0) is 12.3. The van der Waals surface area contributed by atoms with Crippen molar-refractivity contribution in [2.75, 3.05) is 5.73 Å². The fourth-order valence-electron chi connectivity index (χ4n) is 1.82. The van der Waals surface area contributed by atoms with Gasteiger partial charge in [0.2, 0.25) is 0 Å². The Kier molecular flexibility index (Phi) is 3.06. The van der Waals surface area contributed by atoms with E-state index in [1.165, 1.54) is 0 Å². The molecule has 3 N–H and O–H groups in total. The predicted octanol–water partition coefficient (Wildman–Crippen LogP) is 2.18. The normalized spacial score (nSPS) is 9.88. The van der Waals surface area contributed by atoms with Crippen LogP contribution in [0.25, 0.3) is 11.1 Å². The van der Waals surface area contributed by atoms with E-state index < -0.39 is 0 Å². The maximum atomic E-state index is 9.17. The minimum Gasteiger partial charge on any atom is -0.286 e. The Morgan fingerprint density at radius 1 is 1.29 bits per heavy atom. The maximum absolute atomic E-state index is 9.17. The second kappa shape index (κ2) is 4.67. The first-order valence-electron chi connectivity index (χ1n) is 5.56. The molecular weight excluding hydrogens is 210 g/mol. The molecule has 17 heavy (non-hydrogen) atoms. The number of nitrogens with zero attached hydrogens (tertiary/aromatic N) is 1. The Morgan fingerprint density at radius 2 is 2.00 bits per heavy atom. The third kappa shape index (κ3) is 2.11. The smallest absolute Gasteiger partial charge is 0.286 e. The van der Waals surface area contributed by atoms with Crippen molar-refractivity contribution in [1.29, 1.82) is 5.26 Å². The standard InChI is InChI=1S/C14H13N3/c1-2-11-8-12(10-6-4-3-5-7-10)13(9-15)14(16)17-11/h3-8H,2H2,1H3,(H2,16,17)/p+1. The molecule has 2 rings (SSSR count). The van der Waals surface area contributed by atoms with Crippen LogP contribution in [-0.4, -0.2) is 0 Å². The number of nitrogen functional groups attached to an aromatic ring is 1. The summed E-state index contributed by atoms with van der Waals surface area (Å²) in [7, 11) is 0. The van der Waals surface area contributed by atoms with Gasteiger partial charge in [0.05, 0.1) is 0 Å². The summed E-state index contributed by atoms with van der Waals surface area (Å²) in [6.07, 6.45) is 0.857. The van der Waals surface area contributed by atoms with Crippen LogP contribution in [0.4, 0.5) is 5.82 Å². The zero-order valence-electron chi connectivity index (χ0n) is 9.70. The molecule has 0 saturated carbocycles. The van der Waals surface area contributed by atoms with E-state index in [4.69, 9.17) is 5.73 Å². The first kappa shape index (κ1) is 11.2. The van der Waals surface area contributed by atoms with Gasteiger partial charge in [-0.25, -0.2) is 4.98 Å². The number of aromatic amines is 1. The molecule has 0 saturated heterocycles. The lowest BCUT2D eigenvalue weighted by Crippen LogP contribution is -2.18. The van der Waals surface area contributed by atoms with E-state index in [0.29, 0.717) is 11.4 Å². The number of benzene rings is 1. The van der Waals surface area contributed by atoms with Crippen LogP contribution in [0.2, 0.25) is 0 Å². The number of aryl methyl sites for hydroxylation is 1. The Hall–Kier alpha value is -2.34. The minimum absolute atomic E-state index is 0.436. The van der Waals surface area contributed by atoms with Gasteiger partial charge in [-0.1, -0.05) is 37.3 Å². The molecule has 0 bridgehead atoms. The highest BCUT2D eigenvalue weighted by Crippen LogP contribution is 2.25. The van der Waals surface area contributed by atoms with E-state index in [1.54, 1.807) is 0 Å². The summed E-state index contributed by atoms with van der Waals surface area (Å²) < 4.78 is 0. The third-order valence-electron chi connectivity index (χ3n) is 2.73. The van der Waals surface area contributed by atoms with Crippen molar-refractivity contribution < 1.29 is 4.98 Å². The van der Waals surface area contributed by atoms with E-state index in [1.807, 2.05) is 43.3 Å². The largest absolute Gasteiger partial charge is 0.289 e. The summed E-state index contributed by atoms with van der Waals surface area (Å²) in [6, 6.07) is 14.0. The summed E-state index contributed by atoms with van der Waals surface area (Å²) >= 11 is 0. The third-order valence-corrected chi connectivity index (χ3v) is 2.73. The van der Waals surface area contributed by atoms with Gasteiger partial charge in [-0.3, -0.25) is 5.73 Å². The van der Waals surface area contributed by atoms with Gasteiger partial charge in [0.15, 0.2) is 0 Å². The van der Waals surface area contributed by atoms with E-state index in [9.17, 15) is 5.26 Å².